The van der Waals surface area contributed by atoms with E-state index in [1.807, 2.05) is 38.1 Å². The molecule has 1 saturated heterocycles. The van der Waals surface area contributed by atoms with Crippen molar-refractivity contribution < 1.29 is 30.6 Å². The van der Waals surface area contributed by atoms with Gasteiger partial charge in [-0.3, -0.25) is 20.4 Å². The van der Waals surface area contributed by atoms with Crippen LogP contribution in [-0.4, -0.2) is 105 Å². The van der Waals surface area contributed by atoms with Crippen molar-refractivity contribution in [3.63, 3.8) is 0 Å². The van der Waals surface area contributed by atoms with Crippen LogP contribution in [0.4, 0.5) is 0 Å². The molecule has 1 aliphatic rings. The second-order valence-electron chi connectivity index (χ2n) is 12.0. The van der Waals surface area contributed by atoms with E-state index in [2.05, 4.69) is 25.8 Å². The SMILES string of the molecule is Cc1cc(CNC(O)CCO)c(O)c(CN2CCCNCCCN(Cc3cc(C)cc(CNC(O)CCO)c3O)CCC2)c1. The molecule has 2 aromatic carbocycles. The number of phenolic OH excluding ortho intramolecular Hbond substituents is 2. The summed E-state index contributed by atoms with van der Waals surface area (Å²) < 4.78 is 0. The van der Waals surface area contributed by atoms with Crippen molar-refractivity contribution in [3.8, 4) is 11.5 Å². The fourth-order valence-corrected chi connectivity index (χ4v) is 5.80. The fourth-order valence-electron chi connectivity index (χ4n) is 5.80. The molecule has 44 heavy (non-hydrogen) atoms. The third kappa shape index (κ3) is 12.2. The third-order valence-corrected chi connectivity index (χ3v) is 8.08. The summed E-state index contributed by atoms with van der Waals surface area (Å²) >= 11 is 0. The van der Waals surface area contributed by atoms with Crippen LogP contribution >= 0.6 is 0 Å². The Morgan fingerprint density at radius 1 is 0.659 bits per heavy atom. The molecule has 0 radical (unpaired) electrons. The Bertz CT molecular complexity index is 1050. The van der Waals surface area contributed by atoms with Crippen molar-refractivity contribution in [1.82, 2.24) is 25.8 Å². The van der Waals surface area contributed by atoms with Gasteiger partial charge in [0.05, 0.1) is 0 Å². The molecular formula is C33H55N5O6. The van der Waals surface area contributed by atoms with Gasteiger partial charge in [0, 0.05) is 74.5 Å². The van der Waals surface area contributed by atoms with Crippen LogP contribution in [0, 0.1) is 13.8 Å². The number of rotatable bonds is 14. The molecule has 0 aliphatic carbocycles. The Labute approximate surface area is 262 Å². The molecule has 2 atom stereocenters. The van der Waals surface area contributed by atoms with Gasteiger partial charge in [0.15, 0.2) is 0 Å². The number of aryl methyl sites for hydroxylation is 2. The maximum Gasteiger partial charge on any atom is 0.124 e. The summed E-state index contributed by atoms with van der Waals surface area (Å²) in [6.45, 7) is 11.0. The fraction of sp³-hybridized carbons (Fsp3) is 0.636. The van der Waals surface area contributed by atoms with E-state index in [1.54, 1.807) is 0 Å². The standard InChI is InChI=1S/C33H55N5O6/c1-24-16-26(20-35-30(41)6-14-39)32(43)28(18-24)22-37-10-3-8-34-9-4-11-38(13-5-12-37)23-29-19-25(2)17-27(33(29)44)21-36-31(42)7-15-40/h16-19,30-31,34-36,39-44H,3-15,20-23H2,1-2H3. The highest BCUT2D eigenvalue weighted by Gasteiger charge is 2.17. The van der Waals surface area contributed by atoms with E-state index in [0.717, 1.165) is 91.9 Å². The molecule has 9 N–H and O–H groups in total. The zero-order valence-electron chi connectivity index (χ0n) is 26.6. The van der Waals surface area contributed by atoms with E-state index < -0.39 is 12.5 Å². The summed E-state index contributed by atoms with van der Waals surface area (Å²) in [6, 6.07) is 7.91. The summed E-state index contributed by atoms with van der Waals surface area (Å²) in [5, 5.41) is 69.7. The van der Waals surface area contributed by atoms with Gasteiger partial charge in [-0.1, -0.05) is 35.4 Å². The van der Waals surface area contributed by atoms with Gasteiger partial charge in [0.25, 0.3) is 0 Å². The summed E-state index contributed by atoms with van der Waals surface area (Å²) in [5.74, 6) is 0.489. The van der Waals surface area contributed by atoms with Gasteiger partial charge in [-0.2, -0.15) is 0 Å². The van der Waals surface area contributed by atoms with Crippen molar-refractivity contribution in [2.45, 2.75) is 84.6 Å². The summed E-state index contributed by atoms with van der Waals surface area (Å²) in [4.78, 5) is 4.78. The van der Waals surface area contributed by atoms with Gasteiger partial charge >= 0.3 is 0 Å². The zero-order chi connectivity index (χ0) is 31.9. The van der Waals surface area contributed by atoms with Crippen molar-refractivity contribution in [3.05, 3.63) is 57.6 Å². The van der Waals surface area contributed by atoms with E-state index in [-0.39, 0.29) is 37.6 Å². The quantitative estimate of drug-likeness (QED) is 0.141. The van der Waals surface area contributed by atoms with Crippen LogP contribution in [-0.2, 0) is 26.2 Å². The first-order valence-corrected chi connectivity index (χ1v) is 16.0. The Hall–Kier alpha value is -2.32. The second-order valence-corrected chi connectivity index (χ2v) is 12.0. The lowest BCUT2D eigenvalue weighted by Crippen LogP contribution is -2.34. The molecule has 11 nitrogen and oxygen atoms in total. The van der Waals surface area contributed by atoms with E-state index in [0.29, 0.717) is 26.2 Å². The van der Waals surface area contributed by atoms with Crippen molar-refractivity contribution in [2.75, 3.05) is 52.5 Å². The highest BCUT2D eigenvalue weighted by atomic mass is 16.3. The zero-order valence-corrected chi connectivity index (χ0v) is 26.6. The van der Waals surface area contributed by atoms with Crippen LogP contribution in [0.2, 0.25) is 0 Å². The first-order chi connectivity index (χ1) is 21.2. The first kappa shape index (κ1) is 36.2. The van der Waals surface area contributed by atoms with Crippen LogP contribution < -0.4 is 16.0 Å². The highest BCUT2D eigenvalue weighted by molar-refractivity contribution is 5.44. The van der Waals surface area contributed by atoms with Gasteiger partial charge in [-0.25, -0.2) is 0 Å². The lowest BCUT2D eigenvalue weighted by molar-refractivity contribution is 0.100. The average molecular weight is 618 g/mol. The summed E-state index contributed by atoms with van der Waals surface area (Å²) in [6.07, 6.45) is 1.77. The molecule has 248 valence electrons. The van der Waals surface area contributed by atoms with Gasteiger partial charge in [-0.15, -0.1) is 0 Å². The van der Waals surface area contributed by atoms with Crippen LogP contribution in [0.25, 0.3) is 0 Å². The maximum atomic E-state index is 11.1. The maximum absolute atomic E-state index is 11.1. The Kier molecular flexibility index (Phi) is 15.8. The van der Waals surface area contributed by atoms with Crippen molar-refractivity contribution in [2.24, 2.45) is 0 Å². The number of aliphatic hydroxyl groups is 4. The number of phenols is 2. The molecule has 11 heteroatoms. The predicted molar refractivity (Wildman–Crippen MR) is 172 cm³/mol. The van der Waals surface area contributed by atoms with Crippen LogP contribution in [0.3, 0.4) is 0 Å². The number of aliphatic hydroxyl groups excluding tert-OH is 4. The second kappa shape index (κ2) is 19.3. The van der Waals surface area contributed by atoms with Crippen LogP contribution in [0.5, 0.6) is 11.5 Å². The van der Waals surface area contributed by atoms with Gasteiger partial charge in [-0.05, 0) is 72.4 Å². The molecule has 0 saturated carbocycles. The molecule has 3 rings (SSSR count). The first-order valence-electron chi connectivity index (χ1n) is 16.0. The number of benzene rings is 2. The molecule has 1 aliphatic heterocycles. The lowest BCUT2D eigenvalue weighted by atomic mass is 10.0. The molecule has 0 bridgehead atoms. The Morgan fingerprint density at radius 2 is 1.05 bits per heavy atom. The average Bonchev–Trinajstić information content (AvgIpc) is 2.97. The normalized spacial score (nSPS) is 17.6. The number of nitrogens with zero attached hydrogens (tertiary/aromatic N) is 2. The van der Waals surface area contributed by atoms with Crippen LogP contribution in [0.15, 0.2) is 24.3 Å². The predicted octanol–water partition coefficient (Wildman–Crippen LogP) is 1.37. The van der Waals surface area contributed by atoms with E-state index in [9.17, 15) is 20.4 Å². The smallest absolute Gasteiger partial charge is 0.124 e. The van der Waals surface area contributed by atoms with Crippen LogP contribution in [0.1, 0.15) is 65.5 Å². The topological polar surface area (TPSA) is 164 Å². The minimum Gasteiger partial charge on any atom is -0.507 e. The molecule has 1 heterocycles. The van der Waals surface area contributed by atoms with E-state index in [4.69, 9.17) is 10.2 Å². The highest BCUT2D eigenvalue weighted by Crippen LogP contribution is 2.28. The van der Waals surface area contributed by atoms with Gasteiger partial charge in [0.1, 0.15) is 24.0 Å². The summed E-state index contributed by atoms with van der Waals surface area (Å²) in [5.41, 5.74) is 5.28. The van der Waals surface area contributed by atoms with Crippen molar-refractivity contribution >= 4 is 0 Å². The molecule has 1 fully saturated rings. The number of hydrogen-bond acceptors (Lipinski definition) is 11. The van der Waals surface area contributed by atoms with Crippen molar-refractivity contribution in [1.29, 1.82) is 0 Å². The van der Waals surface area contributed by atoms with E-state index >= 15 is 0 Å². The Morgan fingerprint density at radius 3 is 1.45 bits per heavy atom. The lowest BCUT2D eigenvalue weighted by Gasteiger charge is -2.28. The molecule has 2 aromatic rings. The molecule has 0 aromatic heterocycles. The Balaban J connectivity index is 1.67. The van der Waals surface area contributed by atoms with Gasteiger partial charge in [0.2, 0.25) is 0 Å². The molecule has 0 amide bonds. The minimum absolute atomic E-state index is 0.109. The molecular weight excluding hydrogens is 562 g/mol. The monoisotopic (exact) mass is 617 g/mol. The number of nitrogens with one attached hydrogen (secondary N) is 3. The summed E-state index contributed by atoms with van der Waals surface area (Å²) in [7, 11) is 0. The largest absolute Gasteiger partial charge is 0.507 e. The van der Waals surface area contributed by atoms with Gasteiger partial charge < -0.3 is 36.0 Å². The van der Waals surface area contributed by atoms with E-state index in [1.165, 1.54) is 0 Å². The minimum atomic E-state index is -0.830. The number of hydrogen-bond donors (Lipinski definition) is 9. The molecule has 0 spiro atoms. The molecule has 2 unspecified atom stereocenters. The number of aromatic hydroxyl groups is 2. The third-order valence-electron chi connectivity index (χ3n) is 8.08.